The van der Waals surface area contributed by atoms with Gasteiger partial charge in [0.1, 0.15) is 46.9 Å². The zero-order chi connectivity index (χ0) is 79.3. The molecule has 0 unspecified atom stereocenters. The van der Waals surface area contributed by atoms with E-state index in [1.54, 1.807) is 109 Å². The van der Waals surface area contributed by atoms with Crippen LogP contribution in [0.25, 0.3) is 0 Å². The molecule has 0 spiro atoms. The van der Waals surface area contributed by atoms with Gasteiger partial charge in [0, 0.05) is 136 Å². The third-order valence-corrected chi connectivity index (χ3v) is 20.7. The molecule has 3 aliphatic heterocycles. The van der Waals surface area contributed by atoms with Crippen LogP contribution >= 0.6 is 0 Å². The average Bonchev–Trinajstić information content (AvgIpc) is 1.44. The van der Waals surface area contributed by atoms with Crippen LogP contribution in [-0.2, 0) is 13.6 Å². The lowest BCUT2D eigenvalue weighted by atomic mass is 10.1. The quantitative estimate of drug-likeness (QED) is 0.00749. The lowest BCUT2D eigenvalue weighted by Crippen LogP contribution is -2.51. The van der Waals surface area contributed by atoms with Crippen molar-refractivity contribution in [3.63, 3.8) is 0 Å². The first-order valence-corrected chi connectivity index (χ1v) is 38.2. The number of piperidine rings is 1. The highest BCUT2D eigenvalue weighted by atomic mass is 16.3. The summed E-state index contributed by atoms with van der Waals surface area (Å²) in [5.74, 6) is 1.55. The molecule has 25 nitrogen and oxygen atoms in total. The number of hydrogen-bond acceptors (Lipinski definition) is 18. The number of aryl methyl sites for hydroxylation is 2. The molecule has 19 N–H and O–H groups in total. The number of likely N-dealkylation sites (tertiary alicyclic amines) is 3. The van der Waals surface area contributed by atoms with Crippen LogP contribution < -0.4 is 68.8 Å². The van der Waals surface area contributed by atoms with Crippen molar-refractivity contribution in [1.29, 1.82) is 0 Å². The molecule has 0 bridgehead atoms. The lowest BCUT2D eigenvalue weighted by molar-refractivity contribution is -0.912. The van der Waals surface area contributed by atoms with Gasteiger partial charge in [0.05, 0.1) is 237 Å². The molecule has 6 aromatic carbocycles. The first kappa shape index (κ1) is 88.4. The van der Waals surface area contributed by atoms with E-state index in [-0.39, 0.29) is 34.5 Å². The smallest absolute Gasteiger partial charge is 0.243 e. The number of phenolic OH excluding ortho intramolecular Hbond substituents is 6. The zero-order valence-electron chi connectivity index (χ0n) is 67.9. The Morgan fingerprint density at radius 2 is 0.701 bits per heavy atom. The SMILES string of the molecule is CN(CCC[N+](C)(C)C)c1cc(O)ccc1N.CN(CCC[N+]1(C)CCCC1)c1cc(O)ccc1N.CN(CC[N+](C)(C)C)c1cc(O)ccc1N.CN(CC[N+]1(C)CCCC1)c1cc(O)ccc1N.CN(CC[N+]1(C)CCCCC1)c1cc(O)ccc1N.C[n+]1ccn(CCCNc2cc(O)ccc2N)c1. The highest BCUT2D eigenvalue weighted by Gasteiger charge is 2.29. The van der Waals surface area contributed by atoms with Gasteiger partial charge < -0.3 is 117 Å². The van der Waals surface area contributed by atoms with Crippen molar-refractivity contribution in [3.8, 4) is 34.5 Å². The Morgan fingerprint density at radius 3 is 1.05 bits per heavy atom. The maximum absolute atomic E-state index is 9.57. The number of aromatic hydroxyl groups is 6. The molecular weight excluding hydrogens is 1350 g/mol. The number of nitrogen functional groups attached to an aromatic ring is 6. The molecule has 0 amide bonds. The molecule has 0 atom stereocenters. The summed E-state index contributed by atoms with van der Waals surface area (Å²) in [5, 5.41) is 60.1. The first-order valence-electron chi connectivity index (χ1n) is 38.2. The number of likely N-dealkylation sites (N-methyl/N-ethyl adjacent to an activating group) is 6. The van der Waals surface area contributed by atoms with Crippen molar-refractivity contribution < 1.29 is 57.6 Å². The molecule has 3 fully saturated rings. The van der Waals surface area contributed by atoms with Crippen molar-refractivity contribution >= 4 is 68.2 Å². The minimum atomic E-state index is 0.226. The fraction of sp³-hybridized carbons (Fsp3) is 0.524. The molecule has 107 heavy (non-hydrogen) atoms. The molecule has 0 radical (unpaired) electrons. The van der Waals surface area contributed by atoms with Crippen molar-refractivity contribution in [2.75, 3.05) is 274 Å². The Bertz CT molecular complexity index is 3770. The summed E-state index contributed by atoms with van der Waals surface area (Å²) in [6, 6.07) is 30.4. The number of nitrogens with one attached hydrogen (secondary N) is 1. The molecule has 3 saturated heterocycles. The Hall–Kier alpha value is -9.27. The number of anilines is 12. The fourth-order valence-corrected chi connectivity index (χ4v) is 13.6. The van der Waals surface area contributed by atoms with E-state index < -0.39 is 0 Å². The lowest BCUT2D eigenvalue weighted by Gasteiger charge is -2.39. The van der Waals surface area contributed by atoms with Crippen LogP contribution in [0, 0.1) is 0 Å². The average molecular weight is 1490 g/mol. The summed E-state index contributed by atoms with van der Waals surface area (Å²) in [6.07, 6.45) is 18.8. The van der Waals surface area contributed by atoms with E-state index in [1.807, 2.05) is 65.6 Å². The van der Waals surface area contributed by atoms with E-state index in [2.05, 4.69) is 97.8 Å². The summed E-state index contributed by atoms with van der Waals surface area (Å²) in [6.45, 7) is 19.9. The molecule has 594 valence electrons. The van der Waals surface area contributed by atoms with E-state index in [4.69, 9.17) is 34.4 Å². The number of hydrogen-bond donors (Lipinski definition) is 13. The van der Waals surface area contributed by atoms with Gasteiger partial charge in [0.25, 0.3) is 0 Å². The van der Waals surface area contributed by atoms with E-state index in [0.29, 0.717) is 17.1 Å². The Balaban J connectivity index is 0.000000231. The molecule has 1 aromatic heterocycles. The molecular formula is C82H141N19O6+6. The van der Waals surface area contributed by atoms with Gasteiger partial charge in [-0.3, -0.25) is 0 Å². The van der Waals surface area contributed by atoms with Crippen molar-refractivity contribution in [1.82, 2.24) is 4.57 Å². The van der Waals surface area contributed by atoms with Gasteiger partial charge in [-0.05, 0) is 92.1 Å². The van der Waals surface area contributed by atoms with Gasteiger partial charge in [-0.25, -0.2) is 9.13 Å². The maximum Gasteiger partial charge on any atom is 0.243 e. The van der Waals surface area contributed by atoms with E-state index in [9.17, 15) is 30.6 Å². The number of quaternary nitrogens is 5. The summed E-state index contributed by atoms with van der Waals surface area (Å²) < 4.78 is 9.54. The molecule has 0 saturated carbocycles. The molecule has 7 aromatic rings. The third kappa shape index (κ3) is 32.0. The van der Waals surface area contributed by atoms with Crippen molar-refractivity contribution in [2.45, 2.75) is 70.8 Å². The topological polar surface area (TPSA) is 315 Å². The molecule has 4 heterocycles. The number of phenols is 6. The Kier molecular flexibility index (Phi) is 34.5. The van der Waals surface area contributed by atoms with E-state index >= 15 is 0 Å². The van der Waals surface area contributed by atoms with Crippen LogP contribution in [0.3, 0.4) is 0 Å². The molecule has 10 rings (SSSR count). The number of aromatic nitrogens is 2. The van der Waals surface area contributed by atoms with Gasteiger partial charge in [-0.15, -0.1) is 0 Å². The monoisotopic (exact) mass is 1490 g/mol. The van der Waals surface area contributed by atoms with Crippen LogP contribution in [-0.4, -0.2) is 268 Å². The number of nitrogens with zero attached hydrogens (tertiary/aromatic N) is 12. The minimum Gasteiger partial charge on any atom is -0.508 e. The van der Waals surface area contributed by atoms with Crippen LogP contribution in [0.4, 0.5) is 68.2 Å². The third-order valence-electron chi connectivity index (χ3n) is 20.7. The van der Waals surface area contributed by atoms with Gasteiger partial charge >= 0.3 is 0 Å². The Labute approximate surface area is 641 Å². The van der Waals surface area contributed by atoms with Gasteiger partial charge in [-0.1, -0.05) is 0 Å². The summed E-state index contributed by atoms with van der Waals surface area (Å²) in [5.41, 5.74) is 45.0. The van der Waals surface area contributed by atoms with Gasteiger partial charge in [0.15, 0.2) is 0 Å². The molecule has 0 aliphatic carbocycles. The Morgan fingerprint density at radius 1 is 0.393 bits per heavy atom. The first-order chi connectivity index (χ1) is 50.2. The predicted molar refractivity (Wildman–Crippen MR) is 450 cm³/mol. The summed E-state index contributed by atoms with van der Waals surface area (Å²) in [4.78, 5) is 10.6. The second kappa shape index (κ2) is 41.7. The zero-order valence-corrected chi connectivity index (χ0v) is 67.9. The van der Waals surface area contributed by atoms with E-state index in [0.717, 1.165) is 160 Å². The van der Waals surface area contributed by atoms with Gasteiger partial charge in [0.2, 0.25) is 6.33 Å². The summed E-state index contributed by atoms with van der Waals surface area (Å²) >= 11 is 0. The number of nitrogens with two attached hydrogens (primary N) is 6. The van der Waals surface area contributed by atoms with Crippen LogP contribution in [0.5, 0.6) is 34.5 Å². The second-order valence-corrected chi connectivity index (χ2v) is 32.8. The second-order valence-electron chi connectivity index (χ2n) is 32.8. The highest BCUT2D eigenvalue weighted by Crippen LogP contribution is 2.32. The largest absolute Gasteiger partial charge is 0.508 e. The summed E-state index contributed by atoms with van der Waals surface area (Å²) in [7, 11) is 32.1. The number of rotatable bonds is 27. The minimum absolute atomic E-state index is 0.226. The highest BCUT2D eigenvalue weighted by molar-refractivity contribution is 5.73. The van der Waals surface area contributed by atoms with Crippen LogP contribution in [0.1, 0.15) is 64.2 Å². The maximum atomic E-state index is 9.57. The normalized spacial score (nSPS) is 14.7. The van der Waals surface area contributed by atoms with Crippen LogP contribution in [0.2, 0.25) is 0 Å². The molecule has 3 aliphatic rings. The van der Waals surface area contributed by atoms with E-state index in [1.165, 1.54) is 95.2 Å². The standard InChI is InChI=1S/2C15H25N3O.C14H23N3O.C13H18N4O.C13H23N3O.C12H21N3O/c1-17(15-12-13(19)6-7-14(15)16)8-5-11-18(2)9-3-4-10-18;1-17(15-12-13(19)6-7-14(15)16)8-11-18(2)9-4-3-5-10-18;1-16(7-10-17(2)8-3-4-9-17)14-11-12(18)5-6-13(14)15;1-16-7-8-17(10-16)6-2-5-15-13-9-11(18)3-4-12(13)14;1-15(8-5-9-16(2,3)4)13-10-11(17)6-7-12(13)14;1-14(7-8-15(2,3)4)12-9-10(16)5-6-11(12)13/h2*6-7,12H,3-5,8-11,16H2,1-2H3;5-6,11H,3-4,7-10,15H2,1-2H3;3-4,7-10,15H,2,5-6,14H2,1H3;6-7,10H,5,8-9,14H2,1-4H3;5-6,9H,7-8,13H2,1-4H3/p+6. The number of benzene rings is 6. The van der Waals surface area contributed by atoms with Crippen molar-refractivity contribution in [2.24, 2.45) is 7.05 Å². The molecule has 25 heteroatoms. The fourth-order valence-electron chi connectivity index (χ4n) is 13.6. The number of imidazole rings is 1. The van der Waals surface area contributed by atoms with Gasteiger partial charge in [-0.2, -0.15) is 0 Å². The van der Waals surface area contributed by atoms with Crippen LogP contribution in [0.15, 0.2) is 128 Å². The predicted octanol–water partition coefficient (Wildman–Crippen LogP) is 9.46. The van der Waals surface area contributed by atoms with Crippen molar-refractivity contribution in [3.05, 3.63) is 128 Å².